The molecule has 6 heteroatoms. The van der Waals surface area contributed by atoms with Crippen LogP contribution in [0.1, 0.15) is 0 Å². The lowest BCUT2D eigenvalue weighted by molar-refractivity contribution is 0.351. The van der Waals surface area contributed by atoms with Gasteiger partial charge in [0.2, 0.25) is 5.82 Å². The number of ether oxygens (including phenoxy) is 2. The summed E-state index contributed by atoms with van der Waals surface area (Å²) in [5, 5.41) is 4.19. The molecule has 1 aromatic heterocycles. The third-order valence-electron chi connectivity index (χ3n) is 2.68. The molecule has 2 aromatic rings. The number of aromatic nitrogens is 2. The molecule has 5 nitrogen and oxygen atoms in total. The highest BCUT2D eigenvalue weighted by Crippen LogP contribution is 2.36. The van der Waals surface area contributed by atoms with Crippen LogP contribution < -0.4 is 15.2 Å². The molecule has 0 fully saturated rings. The number of rotatable bonds is 3. The number of anilines is 1. The Labute approximate surface area is 104 Å². The largest absolute Gasteiger partial charge is 0.494 e. The summed E-state index contributed by atoms with van der Waals surface area (Å²) in [5.41, 5.74) is 6.78. The number of nitrogen functional groups attached to an aromatic ring is 1. The first-order valence-electron chi connectivity index (χ1n) is 5.28. The van der Waals surface area contributed by atoms with Gasteiger partial charge in [0.25, 0.3) is 0 Å². The van der Waals surface area contributed by atoms with Crippen LogP contribution in [0.15, 0.2) is 18.2 Å². The minimum atomic E-state index is -0.554. The molecule has 2 rings (SSSR count). The number of hydrogen-bond acceptors (Lipinski definition) is 4. The average molecular weight is 251 g/mol. The quantitative estimate of drug-likeness (QED) is 0.903. The van der Waals surface area contributed by atoms with Crippen LogP contribution >= 0.6 is 0 Å². The van der Waals surface area contributed by atoms with Gasteiger partial charge in [0.1, 0.15) is 5.82 Å². The molecular formula is C12H14FN3O2. The van der Waals surface area contributed by atoms with Crippen molar-refractivity contribution in [3.8, 4) is 22.8 Å². The Balaban J connectivity index is 2.61. The van der Waals surface area contributed by atoms with Crippen LogP contribution in [-0.4, -0.2) is 24.0 Å². The van der Waals surface area contributed by atoms with Crippen molar-refractivity contribution in [1.82, 2.24) is 9.78 Å². The summed E-state index contributed by atoms with van der Waals surface area (Å²) < 4.78 is 25.5. The van der Waals surface area contributed by atoms with Crippen molar-refractivity contribution >= 4 is 5.82 Å². The molecule has 0 saturated heterocycles. The smallest absolute Gasteiger partial charge is 0.207 e. The highest BCUT2D eigenvalue weighted by atomic mass is 19.1. The van der Waals surface area contributed by atoms with Crippen LogP contribution in [0.25, 0.3) is 11.3 Å². The SMILES string of the molecule is COc1ccc(-c2cc(N)n(C)n2)c(OC)c1F. The highest BCUT2D eigenvalue weighted by Gasteiger charge is 2.18. The monoisotopic (exact) mass is 251 g/mol. The molecule has 96 valence electrons. The lowest BCUT2D eigenvalue weighted by atomic mass is 10.1. The van der Waals surface area contributed by atoms with Crippen LogP contribution in [-0.2, 0) is 7.05 Å². The van der Waals surface area contributed by atoms with E-state index in [1.54, 1.807) is 19.2 Å². The number of methoxy groups -OCH3 is 2. The molecule has 0 atom stereocenters. The molecule has 0 aliphatic rings. The third-order valence-corrected chi connectivity index (χ3v) is 2.68. The molecule has 0 aliphatic carbocycles. The van der Waals surface area contributed by atoms with Gasteiger partial charge >= 0.3 is 0 Å². The maximum Gasteiger partial charge on any atom is 0.207 e. The van der Waals surface area contributed by atoms with E-state index in [0.717, 1.165) is 0 Å². The lowest BCUT2D eigenvalue weighted by Gasteiger charge is -2.10. The number of benzene rings is 1. The molecule has 1 aromatic carbocycles. The van der Waals surface area contributed by atoms with Crippen molar-refractivity contribution in [2.45, 2.75) is 0 Å². The second-order valence-electron chi connectivity index (χ2n) is 3.74. The fourth-order valence-electron chi connectivity index (χ4n) is 1.71. The Morgan fingerprint density at radius 2 is 2.00 bits per heavy atom. The van der Waals surface area contributed by atoms with Crippen LogP contribution in [0.5, 0.6) is 11.5 Å². The zero-order valence-electron chi connectivity index (χ0n) is 10.4. The van der Waals surface area contributed by atoms with Gasteiger partial charge in [-0.2, -0.15) is 9.49 Å². The normalized spacial score (nSPS) is 10.4. The molecule has 0 unspecified atom stereocenters. The fraction of sp³-hybridized carbons (Fsp3) is 0.250. The molecule has 0 spiro atoms. The van der Waals surface area contributed by atoms with Gasteiger partial charge in [0.15, 0.2) is 11.5 Å². The highest BCUT2D eigenvalue weighted by molar-refractivity contribution is 5.70. The molecule has 0 amide bonds. The standard InChI is InChI=1S/C12H14FN3O2/c1-16-10(14)6-8(15-16)7-4-5-9(17-2)11(13)12(7)18-3/h4-6H,14H2,1-3H3. The number of nitrogens with two attached hydrogens (primary N) is 1. The number of hydrogen-bond donors (Lipinski definition) is 1. The Bertz CT molecular complexity index is 561. The van der Waals surface area contributed by atoms with Crippen molar-refractivity contribution in [3.05, 3.63) is 24.0 Å². The van der Waals surface area contributed by atoms with Gasteiger partial charge in [-0.25, -0.2) is 0 Å². The third kappa shape index (κ3) is 1.85. The predicted molar refractivity (Wildman–Crippen MR) is 66.1 cm³/mol. The van der Waals surface area contributed by atoms with Gasteiger partial charge in [0.05, 0.1) is 19.9 Å². The topological polar surface area (TPSA) is 62.3 Å². The molecule has 0 bridgehead atoms. The van der Waals surface area contributed by atoms with E-state index < -0.39 is 5.82 Å². The molecule has 2 N–H and O–H groups in total. The molecule has 1 heterocycles. The average Bonchev–Trinajstić information content (AvgIpc) is 2.69. The van der Waals surface area contributed by atoms with E-state index >= 15 is 0 Å². The maximum atomic E-state index is 14.0. The summed E-state index contributed by atoms with van der Waals surface area (Å²) in [5.74, 6) is 0.150. The predicted octanol–water partition coefficient (Wildman–Crippen LogP) is 1.83. The summed E-state index contributed by atoms with van der Waals surface area (Å²) in [6, 6.07) is 4.87. The summed E-state index contributed by atoms with van der Waals surface area (Å²) >= 11 is 0. The Hall–Kier alpha value is -2.24. The fourth-order valence-corrected chi connectivity index (χ4v) is 1.71. The van der Waals surface area contributed by atoms with Gasteiger partial charge in [-0.1, -0.05) is 0 Å². The first-order chi connectivity index (χ1) is 8.58. The van der Waals surface area contributed by atoms with Crippen molar-refractivity contribution in [1.29, 1.82) is 0 Å². The molecule has 0 aliphatic heterocycles. The van der Waals surface area contributed by atoms with Crippen molar-refractivity contribution in [2.75, 3.05) is 20.0 Å². The van der Waals surface area contributed by atoms with E-state index in [9.17, 15) is 4.39 Å². The van der Waals surface area contributed by atoms with Crippen LogP contribution in [0.3, 0.4) is 0 Å². The number of aryl methyl sites for hydroxylation is 1. The molecule has 0 saturated carbocycles. The minimum absolute atomic E-state index is 0.0902. The second-order valence-corrected chi connectivity index (χ2v) is 3.74. The van der Waals surface area contributed by atoms with E-state index in [4.69, 9.17) is 15.2 Å². The van der Waals surface area contributed by atoms with E-state index in [1.165, 1.54) is 25.0 Å². The zero-order chi connectivity index (χ0) is 13.3. The summed E-state index contributed by atoms with van der Waals surface area (Å²) in [6.45, 7) is 0. The second kappa shape index (κ2) is 4.56. The first kappa shape index (κ1) is 12.2. The van der Waals surface area contributed by atoms with Crippen LogP contribution in [0.2, 0.25) is 0 Å². The van der Waals surface area contributed by atoms with E-state index in [-0.39, 0.29) is 11.5 Å². The van der Waals surface area contributed by atoms with Crippen LogP contribution in [0, 0.1) is 5.82 Å². The Morgan fingerprint density at radius 1 is 1.28 bits per heavy atom. The summed E-state index contributed by atoms with van der Waals surface area (Å²) in [7, 11) is 4.51. The molecule has 18 heavy (non-hydrogen) atoms. The van der Waals surface area contributed by atoms with E-state index in [0.29, 0.717) is 17.1 Å². The van der Waals surface area contributed by atoms with Crippen LogP contribution in [0.4, 0.5) is 10.2 Å². The lowest BCUT2D eigenvalue weighted by Crippen LogP contribution is -1.98. The minimum Gasteiger partial charge on any atom is -0.494 e. The van der Waals surface area contributed by atoms with Gasteiger partial charge in [-0.05, 0) is 12.1 Å². The van der Waals surface area contributed by atoms with Crippen molar-refractivity contribution < 1.29 is 13.9 Å². The maximum absolute atomic E-state index is 14.0. The van der Waals surface area contributed by atoms with Crippen molar-refractivity contribution in [2.24, 2.45) is 7.05 Å². The Morgan fingerprint density at radius 3 is 2.50 bits per heavy atom. The van der Waals surface area contributed by atoms with E-state index in [2.05, 4.69) is 5.10 Å². The van der Waals surface area contributed by atoms with Gasteiger partial charge in [-0.15, -0.1) is 0 Å². The molecular weight excluding hydrogens is 237 g/mol. The number of nitrogens with zero attached hydrogens (tertiary/aromatic N) is 2. The molecule has 0 radical (unpaired) electrons. The van der Waals surface area contributed by atoms with Gasteiger partial charge in [-0.3, -0.25) is 4.68 Å². The summed E-state index contributed by atoms with van der Waals surface area (Å²) in [6.07, 6.45) is 0. The number of halogens is 1. The van der Waals surface area contributed by atoms with Gasteiger partial charge in [0, 0.05) is 18.7 Å². The first-order valence-corrected chi connectivity index (χ1v) is 5.28. The zero-order valence-corrected chi connectivity index (χ0v) is 10.4. The van der Waals surface area contributed by atoms with Gasteiger partial charge < -0.3 is 15.2 Å². The van der Waals surface area contributed by atoms with Crippen molar-refractivity contribution in [3.63, 3.8) is 0 Å². The summed E-state index contributed by atoms with van der Waals surface area (Å²) in [4.78, 5) is 0. The Kier molecular flexibility index (Phi) is 3.10. The van der Waals surface area contributed by atoms with E-state index in [1.807, 2.05) is 0 Å².